The fourth-order valence-corrected chi connectivity index (χ4v) is 0.861. The van der Waals surface area contributed by atoms with E-state index in [0.29, 0.717) is 18.2 Å². The van der Waals surface area contributed by atoms with Gasteiger partial charge in [0, 0.05) is 7.05 Å². The van der Waals surface area contributed by atoms with E-state index in [9.17, 15) is 4.79 Å². The summed E-state index contributed by atoms with van der Waals surface area (Å²) in [6.45, 7) is 4.09. The SMILES string of the molecule is CCOc1cnc(C)n(C)c1=O. The van der Waals surface area contributed by atoms with Crippen LogP contribution in [0.2, 0.25) is 0 Å². The van der Waals surface area contributed by atoms with E-state index < -0.39 is 0 Å². The average molecular weight is 168 g/mol. The van der Waals surface area contributed by atoms with Gasteiger partial charge in [-0.3, -0.25) is 9.36 Å². The Balaban J connectivity index is 3.18. The number of aryl methyl sites for hydroxylation is 1. The summed E-state index contributed by atoms with van der Waals surface area (Å²) in [6.07, 6.45) is 1.46. The van der Waals surface area contributed by atoms with E-state index in [2.05, 4.69) is 4.98 Å². The fraction of sp³-hybridized carbons (Fsp3) is 0.500. The van der Waals surface area contributed by atoms with Gasteiger partial charge in [-0.2, -0.15) is 0 Å². The first-order valence-corrected chi connectivity index (χ1v) is 3.82. The highest BCUT2D eigenvalue weighted by Gasteiger charge is 2.03. The minimum atomic E-state index is -0.135. The van der Waals surface area contributed by atoms with Crippen LogP contribution >= 0.6 is 0 Å². The Labute approximate surface area is 70.8 Å². The van der Waals surface area contributed by atoms with Crippen molar-refractivity contribution in [2.75, 3.05) is 6.61 Å². The van der Waals surface area contributed by atoms with Crippen LogP contribution in [-0.4, -0.2) is 16.2 Å². The maximum atomic E-state index is 11.4. The quantitative estimate of drug-likeness (QED) is 0.645. The van der Waals surface area contributed by atoms with Crippen LogP contribution in [0, 0.1) is 6.92 Å². The van der Waals surface area contributed by atoms with Crippen molar-refractivity contribution >= 4 is 0 Å². The number of ether oxygens (including phenoxy) is 1. The van der Waals surface area contributed by atoms with Crippen LogP contribution < -0.4 is 10.3 Å². The van der Waals surface area contributed by atoms with Gasteiger partial charge in [-0.05, 0) is 13.8 Å². The molecule has 0 fully saturated rings. The van der Waals surface area contributed by atoms with Crippen molar-refractivity contribution in [3.8, 4) is 5.75 Å². The Morgan fingerprint density at radius 2 is 2.33 bits per heavy atom. The molecule has 0 bridgehead atoms. The summed E-state index contributed by atoms with van der Waals surface area (Å²) in [6, 6.07) is 0. The van der Waals surface area contributed by atoms with Crippen LogP contribution in [0.4, 0.5) is 0 Å². The lowest BCUT2D eigenvalue weighted by Crippen LogP contribution is -2.22. The second kappa shape index (κ2) is 3.38. The van der Waals surface area contributed by atoms with Crippen LogP contribution in [0.15, 0.2) is 11.0 Å². The monoisotopic (exact) mass is 168 g/mol. The summed E-state index contributed by atoms with van der Waals surface area (Å²) in [5.41, 5.74) is -0.135. The fourth-order valence-electron chi connectivity index (χ4n) is 0.861. The first-order chi connectivity index (χ1) is 5.66. The molecule has 1 rings (SSSR count). The van der Waals surface area contributed by atoms with E-state index in [1.807, 2.05) is 6.92 Å². The molecule has 0 aliphatic rings. The Bertz CT molecular complexity index is 330. The van der Waals surface area contributed by atoms with Gasteiger partial charge in [-0.15, -0.1) is 0 Å². The van der Waals surface area contributed by atoms with E-state index in [1.165, 1.54) is 10.8 Å². The summed E-state index contributed by atoms with van der Waals surface area (Å²) >= 11 is 0. The normalized spacial score (nSPS) is 9.92. The summed E-state index contributed by atoms with van der Waals surface area (Å²) in [5, 5.41) is 0. The molecule has 0 saturated carbocycles. The lowest BCUT2D eigenvalue weighted by molar-refractivity contribution is 0.330. The average Bonchev–Trinajstić information content (AvgIpc) is 2.07. The van der Waals surface area contributed by atoms with Crippen LogP contribution in [0.5, 0.6) is 5.75 Å². The second-order valence-electron chi connectivity index (χ2n) is 2.47. The van der Waals surface area contributed by atoms with Gasteiger partial charge >= 0.3 is 0 Å². The molecule has 4 heteroatoms. The Morgan fingerprint density at radius 3 is 2.92 bits per heavy atom. The van der Waals surface area contributed by atoms with Crippen molar-refractivity contribution in [2.45, 2.75) is 13.8 Å². The molecule has 0 unspecified atom stereocenters. The van der Waals surface area contributed by atoms with Gasteiger partial charge in [0.05, 0.1) is 12.8 Å². The van der Waals surface area contributed by atoms with Gasteiger partial charge in [0.15, 0.2) is 0 Å². The second-order valence-corrected chi connectivity index (χ2v) is 2.47. The molecule has 4 nitrogen and oxygen atoms in total. The minimum Gasteiger partial charge on any atom is -0.487 e. The molecule has 0 aliphatic carbocycles. The van der Waals surface area contributed by atoms with Crippen LogP contribution in [0.25, 0.3) is 0 Å². The molecular formula is C8H12N2O2. The van der Waals surface area contributed by atoms with Gasteiger partial charge in [-0.25, -0.2) is 4.98 Å². The molecule has 0 N–H and O–H groups in total. The summed E-state index contributed by atoms with van der Waals surface area (Å²) < 4.78 is 6.54. The molecule has 0 radical (unpaired) electrons. The molecule has 66 valence electrons. The van der Waals surface area contributed by atoms with E-state index in [-0.39, 0.29) is 5.56 Å². The Kier molecular flexibility index (Phi) is 2.47. The lowest BCUT2D eigenvalue weighted by atomic mass is 10.5. The van der Waals surface area contributed by atoms with E-state index >= 15 is 0 Å². The summed E-state index contributed by atoms with van der Waals surface area (Å²) in [7, 11) is 1.67. The molecule has 0 amide bonds. The van der Waals surface area contributed by atoms with Crippen molar-refractivity contribution in [1.29, 1.82) is 0 Å². The molecule has 1 aromatic rings. The third-order valence-corrected chi connectivity index (χ3v) is 1.67. The molecule has 0 aromatic carbocycles. The van der Waals surface area contributed by atoms with Crippen molar-refractivity contribution in [3.05, 3.63) is 22.4 Å². The molecule has 0 aliphatic heterocycles. The van der Waals surface area contributed by atoms with Crippen molar-refractivity contribution in [1.82, 2.24) is 9.55 Å². The van der Waals surface area contributed by atoms with Gasteiger partial charge in [0.2, 0.25) is 5.75 Å². The predicted octanol–water partition coefficient (Wildman–Crippen LogP) is 0.487. The zero-order valence-electron chi connectivity index (χ0n) is 7.50. The Hall–Kier alpha value is -1.32. The number of hydrogen-bond acceptors (Lipinski definition) is 3. The molecule has 0 saturated heterocycles. The molecular weight excluding hydrogens is 156 g/mol. The van der Waals surface area contributed by atoms with Crippen molar-refractivity contribution in [3.63, 3.8) is 0 Å². The number of rotatable bonds is 2. The molecule has 1 aromatic heterocycles. The summed E-state index contributed by atoms with van der Waals surface area (Å²) in [4.78, 5) is 15.4. The molecule has 0 spiro atoms. The topological polar surface area (TPSA) is 44.1 Å². The minimum absolute atomic E-state index is 0.135. The number of aromatic nitrogens is 2. The van der Waals surface area contributed by atoms with Gasteiger partial charge < -0.3 is 4.74 Å². The van der Waals surface area contributed by atoms with Crippen molar-refractivity contribution in [2.24, 2.45) is 7.05 Å². The molecule has 0 atom stereocenters. The summed E-state index contributed by atoms with van der Waals surface area (Å²) in [5.74, 6) is 0.994. The maximum Gasteiger partial charge on any atom is 0.295 e. The first-order valence-electron chi connectivity index (χ1n) is 3.82. The van der Waals surface area contributed by atoms with Gasteiger partial charge in [0.1, 0.15) is 5.82 Å². The zero-order chi connectivity index (χ0) is 9.14. The third-order valence-electron chi connectivity index (χ3n) is 1.67. The van der Waals surface area contributed by atoms with Crippen molar-refractivity contribution < 1.29 is 4.74 Å². The highest BCUT2D eigenvalue weighted by Crippen LogP contribution is 1.99. The lowest BCUT2D eigenvalue weighted by Gasteiger charge is -2.05. The highest BCUT2D eigenvalue weighted by molar-refractivity contribution is 5.13. The van der Waals surface area contributed by atoms with E-state index in [4.69, 9.17) is 4.74 Å². The van der Waals surface area contributed by atoms with E-state index in [1.54, 1.807) is 14.0 Å². The standard InChI is InChI=1S/C8H12N2O2/c1-4-12-7-5-9-6(2)10(3)8(7)11/h5H,4H2,1-3H3. The molecule has 12 heavy (non-hydrogen) atoms. The van der Waals surface area contributed by atoms with Crippen LogP contribution in [0.1, 0.15) is 12.7 Å². The maximum absolute atomic E-state index is 11.4. The zero-order valence-corrected chi connectivity index (χ0v) is 7.50. The smallest absolute Gasteiger partial charge is 0.295 e. The van der Waals surface area contributed by atoms with Crippen LogP contribution in [-0.2, 0) is 7.05 Å². The van der Waals surface area contributed by atoms with Crippen LogP contribution in [0.3, 0.4) is 0 Å². The molecule has 1 heterocycles. The van der Waals surface area contributed by atoms with E-state index in [0.717, 1.165) is 0 Å². The predicted molar refractivity (Wildman–Crippen MR) is 45.4 cm³/mol. The third kappa shape index (κ3) is 1.47. The number of hydrogen-bond donors (Lipinski definition) is 0. The first kappa shape index (κ1) is 8.77. The highest BCUT2D eigenvalue weighted by atomic mass is 16.5. The largest absolute Gasteiger partial charge is 0.487 e. The van der Waals surface area contributed by atoms with Gasteiger partial charge in [0.25, 0.3) is 5.56 Å². The number of nitrogens with zero attached hydrogens (tertiary/aromatic N) is 2. The Morgan fingerprint density at radius 1 is 1.67 bits per heavy atom. The van der Waals surface area contributed by atoms with Gasteiger partial charge in [-0.1, -0.05) is 0 Å².